The number of hydrogen-bond donors (Lipinski definition) is 1. The molecule has 1 aromatic heterocycles. The molecule has 0 bridgehead atoms. The molecule has 0 unspecified atom stereocenters. The molecule has 8 heteroatoms. The highest BCUT2D eigenvalue weighted by Crippen LogP contribution is 2.29. The molecule has 2 aromatic carbocycles. The van der Waals surface area contributed by atoms with Gasteiger partial charge >= 0.3 is 11.8 Å². The quantitative estimate of drug-likeness (QED) is 0.748. The third kappa shape index (κ3) is 3.72. The Morgan fingerprint density at radius 2 is 1.96 bits per heavy atom. The molecule has 0 saturated heterocycles. The summed E-state index contributed by atoms with van der Waals surface area (Å²) in [5, 5.41) is 10.8. The number of methoxy groups -OCH3 is 2. The van der Waals surface area contributed by atoms with Crippen molar-refractivity contribution in [3.8, 4) is 23.0 Å². The highest BCUT2D eigenvalue weighted by Gasteiger charge is 2.18. The van der Waals surface area contributed by atoms with Crippen LogP contribution in [0, 0.1) is 0 Å². The van der Waals surface area contributed by atoms with Crippen molar-refractivity contribution < 1.29 is 18.7 Å². The summed E-state index contributed by atoms with van der Waals surface area (Å²) in [5.74, 6) is 0.532. The molecule has 1 amide bonds. The van der Waals surface area contributed by atoms with E-state index in [1.165, 1.54) is 7.11 Å². The monoisotopic (exact) mass is 359 g/mol. The number of carbonyl (C=O) groups is 1. The minimum Gasteiger partial charge on any atom is -0.497 e. The maximum atomic E-state index is 12.3. The zero-order valence-electron chi connectivity index (χ0n) is 13.4. The fourth-order valence-corrected chi connectivity index (χ4v) is 2.32. The van der Waals surface area contributed by atoms with E-state index in [0.717, 1.165) is 0 Å². The van der Waals surface area contributed by atoms with Crippen LogP contribution in [0.25, 0.3) is 11.5 Å². The van der Waals surface area contributed by atoms with E-state index in [1.807, 2.05) is 0 Å². The SMILES string of the molecule is COc1ccc(NC(=O)c2nnc(-c3cccc(Cl)c3)o2)c(OC)c1. The summed E-state index contributed by atoms with van der Waals surface area (Å²) < 4.78 is 15.8. The second kappa shape index (κ2) is 7.23. The third-order valence-electron chi connectivity index (χ3n) is 3.35. The van der Waals surface area contributed by atoms with Crippen molar-refractivity contribution in [3.63, 3.8) is 0 Å². The average molecular weight is 360 g/mol. The standard InChI is InChI=1S/C17H14ClN3O4/c1-23-12-6-7-13(14(9-12)24-2)19-15(22)17-21-20-16(25-17)10-4-3-5-11(18)8-10/h3-9H,1-2H3,(H,19,22). The van der Waals surface area contributed by atoms with Gasteiger partial charge in [0.1, 0.15) is 11.5 Å². The van der Waals surface area contributed by atoms with E-state index >= 15 is 0 Å². The molecule has 0 aliphatic carbocycles. The van der Waals surface area contributed by atoms with Crippen LogP contribution in [0.15, 0.2) is 46.9 Å². The Labute approximate surface area is 148 Å². The number of nitrogens with zero attached hydrogens (tertiary/aromatic N) is 2. The topological polar surface area (TPSA) is 86.5 Å². The number of halogens is 1. The van der Waals surface area contributed by atoms with Crippen LogP contribution >= 0.6 is 11.6 Å². The number of anilines is 1. The van der Waals surface area contributed by atoms with E-state index in [1.54, 1.807) is 49.6 Å². The van der Waals surface area contributed by atoms with Crippen molar-refractivity contribution in [1.82, 2.24) is 10.2 Å². The second-order valence-electron chi connectivity index (χ2n) is 4.94. The van der Waals surface area contributed by atoms with Crippen molar-refractivity contribution in [2.24, 2.45) is 0 Å². The normalized spacial score (nSPS) is 10.4. The molecule has 0 radical (unpaired) electrons. The van der Waals surface area contributed by atoms with Crippen molar-refractivity contribution in [3.05, 3.63) is 53.4 Å². The molecule has 0 spiro atoms. The van der Waals surface area contributed by atoms with Crippen molar-refractivity contribution in [1.29, 1.82) is 0 Å². The Morgan fingerprint density at radius 3 is 2.68 bits per heavy atom. The molecular formula is C17H14ClN3O4. The van der Waals surface area contributed by atoms with E-state index in [-0.39, 0.29) is 11.8 Å². The van der Waals surface area contributed by atoms with E-state index in [4.69, 9.17) is 25.5 Å². The molecule has 3 rings (SSSR count). The van der Waals surface area contributed by atoms with Gasteiger partial charge in [0.05, 0.1) is 19.9 Å². The lowest BCUT2D eigenvalue weighted by molar-refractivity contribution is 0.0990. The molecule has 0 aliphatic rings. The summed E-state index contributed by atoms with van der Waals surface area (Å²) in [6.45, 7) is 0. The summed E-state index contributed by atoms with van der Waals surface area (Å²) in [4.78, 5) is 12.3. The number of ether oxygens (including phenoxy) is 2. The number of benzene rings is 2. The lowest BCUT2D eigenvalue weighted by Gasteiger charge is -2.10. The minimum atomic E-state index is -0.552. The second-order valence-corrected chi connectivity index (χ2v) is 5.38. The van der Waals surface area contributed by atoms with Crippen LogP contribution in [-0.4, -0.2) is 30.3 Å². The minimum absolute atomic E-state index is 0.173. The highest BCUT2D eigenvalue weighted by atomic mass is 35.5. The summed E-state index contributed by atoms with van der Waals surface area (Å²) in [7, 11) is 3.04. The van der Waals surface area contributed by atoms with Crippen molar-refractivity contribution in [2.45, 2.75) is 0 Å². The Kier molecular flexibility index (Phi) is 4.85. The van der Waals surface area contributed by atoms with Crippen LogP contribution in [0.3, 0.4) is 0 Å². The van der Waals surface area contributed by atoms with Crippen molar-refractivity contribution >= 4 is 23.2 Å². The summed E-state index contributed by atoms with van der Waals surface area (Å²) in [5.41, 5.74) is 1.08. The van der Waals surface area contributed by atoms with Gasteiger partial charge < -0.3 is 19.2 Å². The first-order valence-electron chi connectivity index (χ1n) is 7.23. The van der Waals surface area contributed by atoms with Gasteiger partial charge in [-0.05, 0) is 30.3 Å². The maximum Gasteiger partial charge on any atom is 0.313 e. The van der Waals surface area contributed by atoms with Gasteiger partial charge in [-0.1, -0.05) is 17.7 Å². The Hall–Kier alpha value is -3.06. The van der Waals surface area contributed by atoms with Gasteiger partial charge in [-0.15, -0.1) is 10.2 Å². The summed E-state index contributed by atoms with van der Waals surface area (Å²) in [6.07, 6.45) is 0. The molecule has 0 saturated carbocycles. The lowest BCUT2D eigenvalue weighted by atomic mass is 10.2. The van der Waals surface area contributed by atoms with Crippen LogP contribution in [0.5, 0.6) is 11.5 Å². The predicted octanol–water partition coefficient (Wildman–Crippen LogP) is 3.66. The number of aromatic nitrogens is 2. The molecule has 25 heavy (non-hydrogen) atoms. The molecule has 1 heterocycles. The molecular weight excluding hydrogens is 346 g/mol. The van der Waals surface area contributed by atoms with Gasteiger partial charge in [-0.3, -0.25) is 4.79 Å². The molecule has 1 N–H and O–H groups in total. The van der Waals surface area contributed by atoms with Gasteiger partial charge in [0.25, 0.3) is 0 Å². The zero-order valence-corrected chi connectivity index (χ0v) is 14.2. The summed E-state index contributed by atoms with van der Waals surface area (Å²) >= 11 is 5.94. The van der Waals surface area contributed by atoms with E-state index in [2.05, 4.69) is 15.5 Å². The number of rotatable bonds is 5. The molecule has 0 aliphatic heterocycles. The van der Waals surface area contributed by atoms with Crippen LogP contribution in [0.2, 0.25) is 5.02 Å². The fraction of sp³-hybridized carbons (Fsp3) is 0.118. The first kappa shape index (κ1) is 16.8. The van der Waals surface area contributed by atoms with E-state index in [0.29, 0.717) is 27.8 Å². The van der Waals surface area contributed by atoms with Crippen molar-refractivity contribution in [2.75, 3.05) is 19.5 Å². The molecule has 0 atom stereocenters. The van der Waals surface area contributed by atoms with E-state index in [9.17, 15) is 4.79 Å². The Morgan fingerprint density at radius 1 is 1.12 bits per heavy atom. The van der Waals surface area contributed by atoms with Crippen LogP contribution in [0.1, 0.15) is 10.7 Å². The first-order valence-corrected chi connectivity index (χ1v) is 7.61. The highest BCUT2D eigenvalue weighted by molar-refractivity contribution is 6.30. The molecule has 128 valence electrons. The van der Waals surface area contributed by atoms with Gasteiger partial charge in [0, 0.05) is 16.7 Å². The number of amides is 1. The smallest absolute Gasteiger partial charge is 0.313 e. The summed E-state index contributed by atoms with van der Waals surface area (Å²) in [6, 6.07) is 11.9. The first-order chi connectivity index (χ1) is 12.1. The predicted molar refractivity (Wildman–Crippen MR) is 92.2 cm³/mol. The van der Waals surface area contributed by atoms with Crippen LogP contribution in [-0.2, 0) is 0 Å². The largest absolute Gasteiger partial charge is 0.497 e. The number of nitrogens with one attached hydrogen (secondary N) is 1. The maximum absolute atomic E-state index is 12.3. The van der Waals surface area contributed by atoms with E-state index < -0.39 is 5.91 Å². The Bertz CT molecular complexity index is 910. The molecule has 3 aromatic rings. The fourth-order valence-electron chi connectivity index (χ4n) is 2.13. The Balaban J connectivity index is 1.81. The lowest BCUT2D eigenvalue weighted by Crippen LogP contribution is -2.13. The van der Waals surface area contributed by atoms with Crippen LogP contribution < -0.4 is 14.8 Å². The third-order valence-corrected chi connectivity index (χ3v) is 3.58. The molecule has 7 nitrogen and oxygen atoms in total. The van der Waals surface area contributed by atoms with Gasteiger partial charge in [0.15, 0.2) is 0 Å². The zero-order chi connectivity index (χ0) is 17.8. The molecule has 0 fully saturated rings. The number of carbonyl (C=O) groups excluding carboxylic acids is 1. The van der Waals surface area contributed by atoms with Gasteiger partial charge in [-0.2, -0.15) is 0 Å². The van der Waals surface area contributed by atoms with Gasteiger partial charge in [-0.25, -0.2) is 0 Å². The van der Waals surface area contributed by atoms with Crippen LogP contribution in [0.4, 0.5) is 5.69 Å². The van der Waals surface area contributed by atoms with Gasteiger partial charge in [0.2, 0.25) is 5.89 Å². The average Bonchev–Trinajstić information content (AvgIpc) is 3.12. The number of hydrogen-bond acceptors (Lipinski definition) is 6.